The zero-order valence-electron chi connectivity index (χ0n) is 9.08. The summed E-state index contributed by atoms with van der Waals surface area (Å²) in [5.74, 6) is 0. The molecule has 14 heavy (non-hydrogen) atoms. The van der Waals surface area contributed by atoms with Gasteiger partial charge in [-0.2, -0.15) is 0 Å². The number of carbonyl (C=O) groups excluding carboxylic acids is 1. The average Bonchev–Trinajstić information content (AvgIpc) is 2.53. The third-order valence-corrected chi connectivity index (χ3v) is 2.42. The van der Waals surface area contributed by atoms with Crippen LogP contribution in [0.15, 0.2) is 0 Å². The summed E-state index contributed by atoms with van der Waals surface area (Å²) in [5.41, 5.74) is 0. The minimum absolute atomic E-state index is 0.163. The summed E-state index contributed by atoms with van der Waals surface area (Å²) < 4.78 is 4.88. The van der Waals surface area contributed by atoms with Crippen LogP contribution in [-0.2, 0) is 4.74 Å². The number of nitrogens with zero attached hydrogens (tertiary/aromatic N) is 1. The summed E-state index contributed by atoms with van der Waals surface area (Å²) in [6, 6.07) is 0.413. The van der Waals surface area contributed by atoms with E-state index in [1.165, 1.54) is 0 Å². The summed E-state index contributed by atoms with van der Waals surface area (Å²) in [5, 5.41) is 3.38. The maximum atomic E-state index is 11.2. The standard InChI is InChI=1S/C10H20N2O2/c1-3-5-9(11-4-2)8-12-6-7-14-10(12)13/h9,11H,3-8H2,1-2H3. The number of likely N-dealkylation sites (N-methyl/N-ethyl adjacent to an activating group) is 1. The smallest absolute Gasteiger partial charge is 0.409 e. The molecule has 1 saturated heterocycles. The largest absolute Gasteiger partial charge is 0.448 e. The van der Waals surface area contributed by atoms with Crippen molar-refractivity contribution in [3.05, 3.63) is 0 Å². The fourth-order valence-corrected chi connectivity index (χ4v) is 1.75. The molecule has 0 spiro atoms. The first kappa shape index (κ1) is 11.3. The van der Waals surface area contributed by atoms with Gasteiger partial charge in [-0.1, -0.05) is 20.3 Å². The van der Waals surface area contributed by atoms with E-state index in [2.05, 4.69) is 19.2 Å². The van der Waals surface area contributed by atoms with E-state index in [4.69, 9.17) is 4.74 Å². The van der Waals surface area contributed by atoms with Crippen LogP contribution in [0.3, 0.4) is 0 Å². The SMILES string of the molecule is CCCC(CN1CCOC1=O)NCC. The third-order valence-electron chi connectivity index (χ3n) is 2.42. The Labute approximate surface area is 85.6 Å². The van der Waals surface area contributed by atoms with E-state index in [1.807, 2.05) is 0 Å². The molecular weight excluding hydrogens is 180 g/mol. The first-order valence-electron chi connectivity index (χ1n) is 5.43. The van der Waals surface area contributed by atoms with E-state index in [0.717, 1.165) is 32.5 Å². The van der Waals surface area contributed by atoms with Crippen molar-refractivity contribution < 1.29 is 9.53 Å². The second-order valence-corrected chi connectivity index (χ2v) is 3.60. The number of hydrogen-bond acceptors (Lipinski definition) is 3. The van der Waals surface area contributed by atoms with E-state index in [9.17, 15) is 4.79 Å². The van der Waals surface area contributed by atoms with Gasteiger partial charge in [0.15, 0.2) is 0 Å². The first-order chi connectivity index (χ1) is 6.77. The van der Waals surface area contributed by atoms with Crippen LogP contribution in [0.1, 0.15) is 26.7 Å². The average molecular weight is 200 g/mol. The molecule has 0 bridgehead atoms. The van der Waals surface area contributed by atoms with Crippen molar-refractivity contribution in [3.63, 3.8) is 0 Å². The molecule has 1 aliphatic rings. The lowest BCUT2D eigenvalue weighted by atomic mass is 10.1. The van der Waals surface area contributed by atoms with E-state index < -0.39 is 0 Å². The van der Waals surface area contributed by atoms with Gasteiger partial charge in [-0.05, 0) is 13.0 Å². The molecular formula is C10H20N2O2. The van der Waals surface area contributed by atoms with Crippen molar-refractivity contribution in [2.45, 2.75) is 32.7 Å². The predicted molar refractivity (Wildman–Crippen MR) is 55.3 cm³/mol. The zero-order valence-corrected chi connectivity index (χ0v) is 9.08. The lowest BCUT2D eigenvalue weighted by Crippen LogP contribution is -2.41. The van der Waals surface area contributed by atoms with Crippen molar-refractivity contribution in [3.8, 4) is 0 Å². The topological polar surface area (TPSA) is 41.6 Å². The summed E-state index contributed by atoms with van der Waals surface area (Å²) in [6.45, 7) is 7.26. The molecule has 0 saturated carbocycles. The van der Waals surface area contributed by atoms with E-state index in [1.54, 1.807) is 4.90 Å². The highest BCUT2D eigenvalue weighted by Gasteiger charge is 2.24. The highest BCUT2D eigenvalue weighted by atomic mass is 16.6. The maximum absolute atomic E-state index is 11.2. The van der Waals surface area contributed by atoms with Crippen molar-refractivity contribution >= 4 is 6.09 Å². The van der Waals surface area contributed by atoms with Gasteiger partial charge >= 0.3 is 6.09 Å². The van der Waals surface area contributed by atoms with Crippen LogP contribution >= 0.6 is 0 Å². The van der Waals surface area contributed by atoms with Crippen molar-refractivity contribution in [1.82, 2.24) is 10.2 Å². The number of nitrogens with one attached hydrogen (secondary N) is 1. The second kappa shape index (κ2) is 5.86. The van der Waals surface area contributed by atoms with E-state index in [-0.39, 0.29) is 6.09 Å². The molecule has 1 amide bonds. The van der Waals surface area contributed by atoms with Gasteiger partial charge in [-0.25, -0.2) is 4.79 Å². The fourth-order valence-electron chi connectivity index (χ4n) is 1.75. The zero-order chi connectivity index (χ0) is 10.4. The lowest BCUT2D eigenvalue weighted by molar-refractivity contribution is 0.155. The molecule has 4 heteroatoms. The van der Waals surface area contributed by atoms with Gasteiger partial charge in [0.25, 0.3) is 0 Å². The van der Waals surface area contributed by atoms with Gasteiger partial charge in [0.1, 0.15) is 6.61 Å². The Hall–Kier alpha value is -0.770. The van der Waals surface area contributed by atoms with Crippen molar-refractivity contribution in [2.24, 2.45) is 0 Å². The molecule has 0 aromatic heterocycles. The molecule has 1 unspecified atom stereocenters. The number of cyclic esters (lactones) is 1. The van der Waals surface area contributed by atoms with Crippen LogP contribution in [0.2, 0.25) is 0 Å². The Morgan fingerprint density at radius 3 is 2.86 bits per heavy atom. The van der Waals surface area contributed by atoms with Crippen LogP contribution in [-0.4, -0.2) is 43.3 Å². The molecule has 0 radical (unpaired) electrons. The molecule has 0 aromatic rings. The number of carbonyl (C=O) groups is 1. The molecule has 1 aliphatic heterocycles. The molecule has 1 rings (SSSR count). The number of amides is 1. The molecule has 0 aliphatic carbocycles. The molecule has 1 heterocycles. The summed E-state index contributed by atoms with van der Waals surface area (Å²) in [6.07, 6.45) is 2.09. The summed E-state index contributed by atoms with van der Waals surface area (Å²) >= 11 is 0. The fraction of sp³-hybridized carbons (Fsp3) is 0.900. The van der Waals surface area contributed by atoms with Gasteiger partial charge in [0.2, 0.25) is 0 Å². The lowest BCUT2D eigenvalue weighted by Gasteiger charge is -2.22. The highest BCUT2D eigenvalue weighted by molar-refractivity contribution is 5.69. The Balaban J connectivity index is 2.33. The van der Waals surface area contributed by atoms with Gasteiger partial charge in [-0.15, -0.1) is 0 Å². The number of rotatable bonds is 6. The Bertz CT molecular complexity index is 179. The Morgan fingerprint density at radius 2 is 2.36 bits per heavy atom. The molecule has 1 N–H and O–H groups in total. The van der Waals surface area contributed by atoms with Crippen LogP contribution in [0.5, 0.6) is 0 Å². The normalized spacial score (nSPS) is 18.4. The quantitative estimate of drug-likeness (QED) is 0.701. The highest BCUT2D eigenvalue weighted by Crippen LogP contribution is 2.06. The molecule has 1 fully saturated rings. The van der Waals surface area contributed by atoms with Gasteiger partial charge < -0.3 is 15.0 Å². The molecule has 1 atom stereocenters. The second-order valence-electron chi connectivity index (χ2n) is 3.60. The van der Waals surface area contributed by atoms with Crippen LogP contribution < -0.4 is 5.32 Å². The Kier molecular flexibility index (Phi) is 4.73. The Morgan fingerprint density at radius 1 is 1.57 bits per heavy atom. The summed E-state index contributed by atoms with van der Waals surface area (Å²) in [7, 11) is 0. The monoisotopic (exact) mass is 200 g/mol. The van der Waals surface area contributed by atoms with Gasteiger partial charge in [0, 0.05) is 12.6 Å². The molecule has 0 aromatic carbocycles. The van der Waals surface area contributed by atoms with Crippen LogP contribution in [0.4, 0.5) is 4.79 Å². The number of hydrogen-bond donors (Lipinski definition) is 1. The molecule has 82 valence electrons. The summed E-state index contributed by atoms with van der Waals surface area (Å²) in [4.78, 5) is 13.0. The van der Waals surface area contributed by atoms with Crippen LogP contribution in [0, 0.1) is 0 Å². The van der Waals surface area contributed by atoms with Crippen LogP contribution in [0.25, 0.3) is 0 Å². The van der Waals surface area contributed by atoms with E-state index >= 15 is 0 Å². The molecule has 4 nitrogen and oxygen atoms in total. The van der Waals surface area contributed by atoms with Crippen molar-refractivity contribution in [1.29, 1.82) is 0 Å². The maximum Gasteiger partial charge on any atom is 0.409 e. The van der Waals surface area contributed by atoms with Gasteiger partial charge in [-0.3, -0.25) is 0 Å². The number of ether oxygens (including phenoxy) is 1. The first-order valence-corrected chi connectivity index (χ1v) is 5.43. The minimum atomic E-state index is -0.163. The van der Waals surface area contributed by atoms with Crippen molar-refractivity contribution in [2.75, 3.05) is 26.2 Å². The van der Waals surface area contributed by atoms with Gasteiger partial charge in [0.05, 0.1) is 6.54 Å². The van der Waals surface area contributed by atoms with E-state index in [0.29, 0.717) is 12.6 Å². The predicted octanol–water partition coefficient (Wildman–Crippen LogP) is 1.22. The minimum Gasteiger partial charge on any atom is -0.448 e. The third kappa shape index (κ3) is 3.18.